The van der Waals surface area contributed by atoms with Gasteiger partial charge in [-0.3, -0.25) is 0 Å². The van der Waals surface area contributed by atoms with Crippen molar-refractivity contribution in [2.24, 2.45) is 0 Å². The second kappa shape index (κ2) is 7.66. The Labute approximate surface area is 127 Å². The van der Waals surface area contributed by atoms with E-state index >= 15 is 0 Å². The van der Waals surface area contributed by atoms with Gasteiger partial charge in [0, 0.05) is 23.4 Å². The van der Waals surface area contributed by atoms with E-state index in [0.29, 0.717) is 18.1 Å². The van der Waals surface area contributed by atoms with Gasteiger partial charge in [0.25, 0.3) is 0 Å². The van der Waals surface area contributed by atoms with Gasteiger partial charge in [0.2, 0.25) is 0 Å². The number of ether oxygens (including phenoxy) is 1. The molecule has 0 aliphatic carbocycles. The monoisotopic (exact) mass is 306 g/mol. The van der Waals surface area contributed by atoms with Gasteiger partial charge in [-0.15, -0.1) is 11.6 Å². The van der Waals surface area contributed by atoms with Crippen LogP contribution in [0.2, 0.25) is 0 Å². The first-order valence-electron chi connectivity index (χ1n) is 6.40. The Morgan fingerprint density at radius 2 is 1.95 bits per heavy atom. The van der Waals surface area contributed by atoms with Crippen molar-refractivity contribution in [3.05, 3.63) is 65.2 Å². The summed E-state index contributed by atoms with van der Waals surface area (Å²) in [5, 5.41) is 0. The lowest BCUT2D eigenvalue weighted by atomic mass is 10.2. The van der Waals surface area contributed by atoms with E-state index in [-0.39, 0.29) is 12.2 Å². The molecule has 0 atom stereocenters. The Morgan fingerprint density at radius 3 is 2.76 bits per heavy atom. The molecule has 0 bridgehead atoms. The zero-order valence-corrected chi connectivity index (χ0v) is 12.0. The fraction of sp³-hybridized carbons (Fsp3) is 0.176. The topological polar surface area (TPSA) is 9.23 Å². The highest BCUT2D eigenvalue weighted by Crippen LogP contribution is 2.16. The largest absolute Gasteiger partial charge is 0.489 e. The van der Waals surface area contributed by atoms with Crippen LogP contribution in [0, 0.1) is 23.5 Å². The second-order valence-electron chi connectivity index (χ2n) is 4.29. The molecule has 0 unspecified atom stereocenters. The average Bonchev–Trinajstić information content (AvgIpc) is 2.49. The maximum absolute atomic E-state index is 13.5. The third kappa shape index (κ3) is 4.77. The molecule has 0 aliphatic rings. The average molecular weight is 307 g/mol. The zero-order chi connectivity index (χ0) is 15.1. The van der Waals surface area contributed by atoms with Crippen LogP contribution in [0.15, 0.2) is 42.5 Å². The smallest absolute Gasteiger partial charge is 0.130 e. The van der Waals surface area contributed by atoms with Crippen LogP contribution in [0.1, 0.15) is 17.5 Å². The summed E-state index contributed by atoms with van der Waals surface area (Å²) in [5.74, 6) is 5.94. The Kier molecular flexibility index (Phi) is 5.59. The van der Waals surface area contributed by atoms with Gasteiger partial charge in [-0.1, -0.05) is 17.9 Å². The highest BCUT2D eigenvalue weighted by Gasteiger charge is 2.05. The van der Waals surface area contributed by atoms with Gasteiger partial charge >= 0.3 is 0 Å². The van der Waals surface area contributed by atoms with Gasteiger partial charge in [0.15, 0.2) is 0 Å². The minimum Gasteiger partial charge on any atom is -0.489 e. The lowest BCUT2D eigenvalue weighted by molar-refractivity contribution is 0.299. The first-order valence-corrected chi connectivity index (χ1v) is 6.94. The van der Waals surface area contributed by atoms with Crippen molar-refractivity contribution >= 4 is 11.6 Å². The molecule has 0 spiro atoms. The summed E-state index contributed by atoms with van der Waals surface area (Å²) in [7, 11) is 0. The predicted molar refractivity (Wildman–Crippen MR) is 79.3 cm³/mol. The number of rotatable bonds is 4. The van der Waals surface area contributed by atoms with Crippen LogP contribution < -0.4 is 4.74 Å². The Hall–Kier alpha value is -2.05. The van der Waals surface area contributed by atoms with Crippen LogP contribution in [0.4, 0.5) is 8.78 Å². The van der Waals surface area contributed by atoms with E-state index in [0.717, 1.165) is 23.8 Å². The van der Waals surface area contributed by atoms with Gasteiger partial charge in [0.05, 0.1) is 0 Å². The molecule has 0 radical (unpaired) electrons. The molecule has 21 heavy (non-hydrogen) atoms. The summed E-state index contributed by atoms with van der Waals surface area (Å²) < 4.78 is 32.0. The molecule has 0 amide bonds. The standard InChI is InChI=1S/C17H13ClF2O/c18-9-2-1-4-13-5-3-6-16(10-13)21-12-14-11-15(19)7-8-17(14)20/h3,5-8,10-11H,2,9,12H2. The molecule has 2 aromatic rings. The Bertz CT molecular complexity index is 674. The van der Waals surface area contributed by atoms with Crippen LogP contribution in [0.25, 0.3) is 0 Å². The molecule has 2 rings (SSSR count). The molecule has 0 saturated heterocycles. The van der Waals surface area contributed by atoms with Crippen molar-refractivity contribution in [3.63, 3.8) is 0 Å². The first-order chi connectivity index (χ1) is 10.2. The van der Waals surface area contributed by atoms with E-state index in [1.54, 1.807) is 18.2 Å². The quantitative estimate of drug-likeness (QED) is 0.596. The SMILES string of the molecule is Fc1ccc(F)c(COc2cccc(C#CCCCl)c2)c1. The minimum atomic E-state index is -0.491. The summed E-state index contributed by atoms with van der Waals surface area (Å²) in [4.78, 5) is 0. The van der Waals surface area contributed by atoms with Gasteiger partial charge in [-0.05, 0) is 36.4 Å². The molecular weight excluding hydrogens is 294 g/mol. The molecular formula is C17H13ClF2O. The van der Waals surface area contributed by atoms with Crippen molar-refractivity contribution < 1.29 is 13.5 Å². The third-order valence-corrected chi connectivity index (χ3v) is 2.88. The minimum absolute atomic E-state index is 0.0395. The summed E-state index contributed by atoms with van der Waals surface area (Å²) in [6, 6.07) is 10.4. The second-order valence-corrected chi connectivity index (χ2v) is 4.67. The fourth-order valence-corrected chi connectivity index (χ4v) is 1.78. The maximum atomic E-state index is 13.5. The van der Waals surface area contributed by atoms with Crippen molar-refractivity contribution in [2.45, 2.75) is 13.0 Å². The van der Waals surface area contributed by atoms with Crippen molar-refractivity contribution in [1.29, 1.82) is 0 Å². The molecule has 0 aliphatic heterocycles. The molecule has 1 nitrogen and oxygen atoms in total. The Morgan fingerprint density at radius 1 is 1.10 bits per heavy atom. The van der Waals surface area contributed by atoms with Crippen LogP contribution in [0.3, 0.4) is 0 Å². The van der Waals surface area contributed by atoms with E-state index in [1.165, 1.54) is 0 Å². The van der Waals surface area contributed by atoms with E-state index in [2.05, 4.69) is 11.8 Å². The molecule has 4 heteroatoms. The van der Waals surface area contributed by atoms with Gasteiger partial charge in [0.1, 0.15) is 24.0 Å². The molecule has 0 N–H and O–H groups in total. The number of alkyl halides is 1. The van der Waals surface area contributed by atoms with E-state index in [4.69, 9.17) is 16.3 Å². The van der Waals surface area contributed by atoms with Crippen LogP contribution >= 0.6 is 11.6 Å². The zero-order valence-electron chi connectivity index (χ0n) is 11.2. The number of hydrogen-bond donors (Lipinski definition) is 0. The molecule has 0 heterocycles. The lowest BCUT2D eigenvalue weighted by Gasteiger charge is -2.07. The third-order valence-electron chi connectivity index (χ3n) is 2.69. The summed E-state index contributed by atoms with van der Waals surface area (Å²) >= 11 is 5.55. The maximum Gasteiger partial charge on any atom is 0.130 e. The molecule has 108 valence electrons. The first kappa shape index (κ1) is 15.3. The highest BCUT2D eigenvalue weighted by molar-refractivity contribution is 6.18. The lowest BCUT2D eigenvalue weighted by Crippen LogP contribution is -1.99. The molecule has 2 aromatic carbocycles. The fourth-order valence-electron chi connectivity index (χ4n) is 1.69. The van der Waals surface area contributed by atoms with Crippen LogP contribution in [-0.2, 0) is 6.61 Å². The molecule has 0 fully saturated rings. The van der Waals surface area contributed by atoms with Crippen molar-refractivity contribution in [1.82, 2.24) is 0 Å². The summed E-state index contributed by atoms with van der Waals surface area (Å²) in [6.45, 7) is -0.0395. The molecule has 0 aromatic heterocycles. The van der Waals surface area contributed by atoms with E-state index in [1.807, 2.05) is 6.07 Å². The normalized spacial score (nSPS) is 9.86. The number of halogens is 3. The molecule has 0 saturated carbocycles. The number of benzene rings is 2. The number of hydrogen-bond acceptors (Lipinski definition) is 1. The van der Waals surface area contributed by atoms with Crippen LogP contribution in [-0.4, -0.2) is 5.88 Å². The van der Waals surface area contributed by atoms with E-state index in [9.17, 15) is 8.78 Å². The predicted octanol–water partition coefficient (Wildman–Crippen LogP) is 4.52. The summed E-state index contributed by atoms with van der Waals surface area (Å²) in [6.07, 6.45) is 0.612. The van der Waals surface area contributed by atoms with Gasteiger partial charge in [-0.25, -0.2) is 8.78 Å². The van der Waals surface area contributed by atoms with Crippen LogP contribution in [0.5, 0.6) is 5.75 Å². The van der Waals surface area contributed by atoms with Gasteiger partial charge in [-0.2, -0.15) is 0 Å². The van der Waals surface area contributed by atoms with E-state index < -0.39 is 11.6 Å². The van der Waals surface area contributed by atoms with Gasteiger partial charge < -0.3 is 4.74 Å². The van der Waals surface area contributed by atoms with Crippen molar-refractivity contribution in [3.8, 4) is 17.6 Å². The summed E-state index contributed by atoms with van der Waals surface area (Å²) in [5.41, 5.74) is 0.964. The van der Waals surface area contributed by atoms with Crippen molar-refractivity contribution in [2.75, 3.05) is 5.88 Å². The highest BCUT2D eigenvalue weighted by atomic mass is 35.5. The Balaban J connectivity index is 2.05.